The molecule has 20 heavy (non-hydrogen) atoms. The molecular formula is C13H15ClFN5. The van der Waals surface area contributed by atoms with E-state index in [4.69, 9.17) is 11.6 Å². The van der Waals surface area contributed by atoms with Crippen molar-refractivity contribution in [3.63, 3.8) is 0 Å². The summed E-state index contributed by atoms with van der Waals surface area (Å²) in [6.07, 6.45) is 1.50. The number of nitrogens with zero attached hydrogens (tertiary/aromatic N) is 4. The number of nitrogens with one attached hydrogen (secondary N) is 1. The van der Waals surface area contributed by atoms with Gasteiger partial charge in [-0.2, -0.15) is 10.1 Å². The van der Waals surface area contributed by atoms with Gasteiger partial charge in [-0.1, -0.05) is 11.6 Å². The number of benzene rings is 1. The van der Waals surface area contributed by atoms with E-state index >= 15 is 0 Å². The highest BCUT2D eigenvalue weighted by Gasteiger charge is 2.08. The SMILES string of the molecule is CCN(CC)c1nncc(Nc2ccc(F)c(Cl)c2)n1. The van der Waals surface area contributed by atoms with Crippen LogP contribution in [0.1, 0.15) is 13.8 Å². The number of hydrogen-bond donors (Lipinski definition) is 1. The number of aromatic nitrogens is 3. The lowest BCUT2D eigenvalue weighted by Crippen LogP contribution is -2.24. The second-order valence-corrected chi connectivity index (χ2v) is 4.47. The summed E-state index contributed by atoms with van der Waals surface area (Å²) in [5.74, 6) is 0.625. The van der Waals surface area contributed by atoms with Gasteiger partial charge in [0.25, 0.3) is 0 Å². The molecule has 0 bridgehead atoms. The Kier molecular flexibility index (Phi) is 4.68. The second-order valence-electron chi connectivity index (χ2n) is 4.07. The zero-order valence-corrected chi connectivity index (χ0v) is 12.0. The van der Waals surface area contributed by atoms with Crippen molar-refractivity contribution in [1.29, 1.82) is 0 Å². The molecule has 2 aromatic rings. The van der Waals surface area contributed by atoms with E-state index in [1.54, 1.807) is 6.07 Å². The molecule has 7 heteroatoms. The van der Waals surface area contributed by atoms with Crippen LogP contribution in [-0.4, -0.2) is 28.3 Å². The molecule has 1 aromatic carbocycles. The highest BCUT2D eigenvalue weighted by Crippen LogP contribution is 2.22. The number of halogens is 2. The van der Waals surface area contributed by atoms with E-state index in [9.17, 15) is 4.39 Å². The maximum atomic E-state index is 13.1. The Bertz CT molecular complexity index is 589. The Labute approximate surface area is 121 Å². The maximum absolute atomic E-state index is 13.1. The van der Waals surface area contributed by atoms with Crippen molar-refractivity contribution in [1.82, 2.24) is 15.2 Å². The summed E-state index contributed by atoms with van der Waals surface area (Å²) < 4.78 is 13.1. The van der Waals surface area contributed by atoms with Crippen molar-refractivity contribution >= 4 is 29.1 Å². The average Bonchev–Trinajstić information content (AvgIpc) is 2.45. The van der Waals surface area contributed by atoms with Crippen LogP contribution in [-0.2, 0) is 0 Å². The fourth-order valence-corrected chi connectivity index (χ4v) is 1.90. The molecule has 106 valence electrons. The third-order valence-electron chi connectivity index (χ3n) is 2.79. The Morgan fingerprint density at radius 2 is 2.05 bits per heavy atom. The van der Waals surface area contributed by atoms with Crippen molar-refractivity contribution in [3.8, 4) is 0 Å². The zero-order valence-electron chi connectivity index (χ0n) is 11.3. The Morgan fingerprint density at radius 1 is 1.30 bits per heavy atom. The van der Waals surface area contributed by atoms with Gasteiger partial charge in [-0.15, -0.1) is 5.10 Å². The molecule has 0 saturated carbocycles. The van der Waals surface area contributed by atoms with Gasteiger partial charge >= 0.3 is 0 Å². The van der Waals surface area contributed by atoms with Crippen LogP contribution in [0.3, 0.4) is 0 Å². The predicted octanol–water partition coefficient (Wildman–Crippen LogP) is 3.25. The molecule has 0 aliphatic rings. The van der Waals surface area contributed by atoms with Gasteiger partial charge < -0.3 is 10.2 Å². The summed E-state index contributed by atoms with van der Waals surface area (Å²) in [4.78, 5) is 6.35. The van der Waals surface area contributed by atoms with Gasteiger partial charge in [-0.3, -0.25) is 0 Å². The first-order valence-corrected chi connectivity index (χ1v) is 6.68. The van der Waals surface area contributed by atoms with Gasteiger partial charge in [0.2, 0.25) is 5.95 Å². The summed E-state index contributed by atoms with van der Waals surface area (Å²) >= 11 is 5.74. The molecule has 0 amide bonds. The number of hydrogen-bond acceptors (Lipinski definition) is 5. The van der Waals surface area contributed by atoms with Gasteiger partial charge in [-0.05, 0) is 32.0 Å². The third kappa shape index (κ3) is 3.33. The lowest BCUT2D eigenvalue weighted by atomic mass is 10.3. The van der Waals surface area contributed by atoms with Crippen LogP contribution < -0.4 is 10.2 Å². The molecule has 0 saturated heterocycles. The minimum Gasteiger partial charge on any atom is -0.340 e. The summed E-state index contributed by atoms with van der Waals surface area (Å²) in [7, 11) is 0. The van der Waals surface area contributed by atoms with Crippen molar-refractivity contribution in [2.75, 3.05) is 23.3 Å². The van der Waals surface area contributed by atoms with Crippen LogP contribution in [0.15, 0.2) is 24.4 Å². The van der Waals surface area contributed by atoms with Crippen LogP contribution in [0, 0.1) is 5.82 Å². The van der Waals surface area contributed by atoms with Crippen LogP contribution in [0.25, 0.3) is 0 Å². The molecule has 1 N–H and O–H groups in total. The first kappa shape index (κ1) is 14.5. The Hall–Kier alpha value is -1.95. The first-order valence-electron chi connectivity index (χ1n) is 6.30. The van der Waals surface area contributed by atoms with Gasteiger partial charge in [0, 0.05) is 18.8 Å². The summed E-state index contributed by atoms with van der Waals surface area (Å²) in [5, 5.41) is 11.0. The van der Waals surface area contributed by atoms with Gasteiger partial charge in [0.1, 0.15) is 5.82 Å². The largest absolute Gasteiger partial charge is 0.340 e. The first-order chi connectivity index (χ1) is 9.63. The molecule has 5 nitrogen and oxygen atoms in total. The van der Waals surface area contributed by atoms with Crippen LogP contribution in [0.5, 0.6) is 0 Å². The molecule has 0 spiro atoms. The summed E-state index contributed by atoms with van der Waals surface area (Å²) in [6, 6.07) is 4.38. The minimum absolute atomic E-state index is 0.0565. The van der Waals surface area contributed by atoms with Crippen LogP contribution in [0.4, 0.5) is 21.8 Å². The topological polar surface area (TPSA) is 53.9 Å². The Morgan fingerprint density at radius 3 is 2.70 bits per heavy atom. The highest BCUT2D eigenvalue weighted by molar-refractivity contribution is 6.31. The molecule has 0 unspecified atom stereocenters. The molecule has 0 atom stereocenters. The normalized spacial score (nSPS) is 10.4. The highest BCUT2D eigenvalue weighted by atomic mass is 35.5. The van der Waals surface area contributed by atoms with Gasteiger partial charge in [-0.25, -0.2) is 4.39 Å². The van der Waals surface area contributed by atoms with Crippen molar-refractivity contribution in [2.45, 2.75) is 13.8 Å². The van der Waals surface area contributed by atoms with Crippen molar-refractivity contribution < 1.29 is 4.39 Å². The summed E-state index contributed by atoms with van der Waals surface area (Å²) in [5.41, 5.74) is 0.641. The number of anilines is 3. The fourth-order valence-electron chi connectivity index (χ4n) is 1.72. The van der Waals surface area contributed by atoms with Crippen LogP contribution >= 0.6 is 11.6 Å². The zero-order chi connectivity index (χ0) is 14.5. The summed E-state index contributed by atoms with van der Waals surface area (Å²) in [6.45, 7) is 5.63. The van der Waals surface area contributed by atoms with E-state index in [-0.39, 0.29) is 5.02 Å². The second kappa shape index (κ2) is 6.47. The average molecular weight is 296 g/mol. The van der Waals surface area contributed by atoms with Gasteiger partial charge in [0.05, 0.1) is 11.2 Å². The van der Waals surface area contributed by atoms with E-state index in [1.807, 2.05) is 18.7 Å². The van der Waals surface area contributed by atoms with Crippen molar-refractivity contribution in [2.24, 2.45) is 0 Å². The van der Waals surface area contributed by atoms with Gasteiger partial charge in [0.15, 0.2) is 5.82 Å². The lowest BCUT2D eigenvalue weighted by Gasteiger charge is -2.18. The van der Waals surface area contributed by atoms with E-state index in [2.05, 4.69) is 20.5 Å². The van der Waals surface area contributed by atoms with E-state index in [0.29, 0.717) is 17.5 Å². The maximum Gasteiger partial charge on any atom is 0.247 e. The molecular weight excluding hydrogens is 281 g/mol. The predicted molar refractivity (Wildman–Crippen MR) is 78.1 cm³/mol. The smallest absolute Gasteiger partial charge is 0.247 e. The molecule has 1 heterocycles. The number of rotatable bonds is 5. The molecule has 0 radical (unpaired) electrons. The minimum atomic E-state index is -0.457. The standard InChI is InChI=1S/C13H15ClFN5/c1-3-20(4-2)13-18-12(8-16-19-13)17-9-5-6-11(15)10(14)7-9/h5-8H,3-4H2,1-2H3,(H,17,18,19). The molecule has 2 rings (SSSR count). The van der Waals surface area contributed by atoms with E-state index in [1.165, 1.54) is 18.3 Å². The molecule has 0 fully saturated rings. The molecule has 1 aromatic heterocycles. The molecule has 0 aliphatic heterocycles. The quantitative estimate of drug-likeness (QED) is 0.917. The van der Waals surface area contributed by atoms with E-state index in [0.717, 1.165) is 13.1 Å². The van der Waals surface area contributed by atoms with Crippen molar-refractivity contribution in [3.05, 3.63) is 35.2 Å². The fraction of sp³-hybridized carbons (Fsp3) is 0.308. The monoisotopic (exact) mass is 295 g/mol. The molecule has 0 aliphatic carbocycles. The van der Waals surface area contributed by atoms with Crippen LogP contribution in [0.2, 0.25) is 5.02 Å². The lowest BCUT2D eigenvalue weighted by molar-refractivity contribution is 0.628. The Balaban J connectivity index is 2.21. The third-order valence-corrected chi connectivity index (χ3v) is 3.08. The van der Waals surface area contributed by atoms with E-state index < -0.39 is 5.82 Å².